The van der Waals surface area contributed by atoms with Gasteiger partial charge in [-0.2, -0.15) is 0 Å². The van der Waals surface area contributed by atoms with E-state index < -0.39 is 11.7 Å². The summed E-state index contributed by atoms with van der Waals surface area (Å²) in [4.78, 5) is 2.94. The number of hydrogen-bond acceptors (Lipinski definition) is 1. The van der Waals surface area contributed by atoms with E-state index in [2.05, 4.69) is 10.7 Å². The van der Waals surface area contributed by atoms with Crippen LogP contribution in [0.5, 0.6) is 5.75 Å². The Kier molecular flexibility index (Phi) is 4.95. The first-order chi connectivity index (χ1) is 10.0. The molecule has 0 radical (unpaired) electrons. The maximum absolute atomic E-state index is 12.6. The van der Waals surface area contributed by atoms with Crippen LogP contribution in [0, 0.1) is 10.7 Å². The molecule has 108 valence electrons. The van der Waals surface area contributed by atoms with Crippen molar-refractivity contribution < 1.29 is 17.9 Å². The Hall–Kier alpha value is -1.89. The molecule has 0 N–H and O–H groups in total. The van der Waals surface area contributed by atoms with Gasteiger partial charge in [0.25, 0.3) is 0 Å². The Morgan fingerprint density at radius 2 is 1.81 bits per heavy atom. The molecule has 0 aliphatic carbocycles. The molecule has 1 nitrogen and oxygen atoms in total. The fourth-order valence-corrected chi connectivity index (χ4v) is 2.91. The molecule has 0 aliphatic rings. The van der Waals surface area contributed by atoms with E-state index in [0.29, 0.717) is 10.2 Å². The fourth-order valence-electron chi connectivity index (χ4n) is 1.62. The Morgan fingerprint density at radius 3 is 2.52 bits per heavy atom. The van der Waals surface area contributed by atoms with Crippen LogP contribution in [0.4, 0.5) is 13.2 Å². The van der Waals surface area contributed by atoms with E-state index in [1.807, 2.05) is 18.2 Å². The number of benzene rings is 2. The zero-order chi connectivity index (χ0) is 15.3. The van der Waals surface area contributed by atoms with E-state index in [1.165, 1.54) is 6.07 Å². The number of alkyl halides is 3. The third kappa shape index (κ3) is 4.29. The second kappa shape index (κ2) is 6.71. The van der Waals surface area contributed by atoms with E-state index in [-0.39, 0.29) is 15.0 Å². The standard InChI is InChI=1S/C16H11F3OSe/c1-20-15-8-3-2-5-12(15)9-10-21-14-7-4-6-13(11-14)16(17,18)19/h2-8,11H,1H3. The number of methoxy groups -OCH3 is 1. The molecule has 2 aromatic rings. The van der Waals surface area contributed by atoms with Gasteiger partial charge in [-0.3, -0.25) is 0 Å². The van der Waals surface area contributed by atoms with Gasteiger partial charge in [-0.25, -0.2) is 0 Å². The molecule has 0 saturated carbocycles. The van der Waals surface area contributed by atoms with Gasteiger partial charge in [-0.15, -0.1) is 0 Å². The van der Waals surface area contributed by atoms with Gasteiger partial charge >= 0.3 is 127 Å². The van der Waals surface area contributed by atoms with Crippen molar-refractivity contribution in [1.29, 1.82) is 0 Å². The molecule has 0 spiro atoms. The van der Waals surface area contributed by atoms with Crippen molar-refractivity contribution >= 4 is 19.4 Å². The zero-order valence-electron chi connectivity index (χ0n) is 11.1. The van der Waals surface area contributed by atoms with Crippen LogP contribution >= 0.6 is 0 Å². The summed E-state index contributed by atoms with van der Waals surface area (Å²) >= 11 is -0.345. The van der Waals surface area contributed by atoms with Crippen molar-refractivity contribution in [1.82, 2.24) is 0 Å². The van der Waals surface area contributed by atoms with Gasteiger partial charge in [0.15, 0.2) is 0 Å². The second-order valence-electron chi connectivity index (χ2n) is 4.05. The molecular weight excluding hydrogens is 344 g/mol. The van der Waals surface area contributed by atoms with E-state index >= 15 is 0 Å². The third-order valence-electron chi connectivity index (χ3n) is 2.62. The number of para-hydroxylation sites is 1. The summed E-state index contributed by atoms with van der Waals surface area (Å²) in [7, 11) is 1.55. The summed E-state index contributed by atoms with van der Waals surface area (Å²) in [5.41, 5.74) is 0.0924. The molecule has 0 fully saturated rings. The van der Waals surface area contributed by atoms with Gasteiger partial charge in [-0.1, -0.05) is 0 Å². The molecule has 0 aliphatic heterocycles. The predicted octanol–water partition coefficient (Wildman–Crippen LogP) is 3.05. The van der Waals surface area contributed by atoms with Crippen molar-refractivity contribution in [2.45, 2.75) is 6.18 Å². The number of hydrogen-bond donors (Lipinski definition) is 0. The monoisotopic (exact) mass is 356 g/mol. The first kappa shape index (κ1) is 15.5. The Bertz CT molecular complexity index is 684. The Balaban J connectivity index is 2.16. The van der Waals surface area contributed by atoms with Gasteiger partial charge in [0.1, 0.15) is 0 Å². The van der Waals surface area contributed by atoms with Crippen LogP contribution in [-0.4, -0.2) is 22.1 Å². The first-order valence-corrected chi connectivity index (χ1v) is 7.70. The van der Waals surface area contributed by atoms with Crippen LogP contribution < -0.4 is 9.20 Å². The summed E-state index contributed by atoms with van der Waals surface area (Å²) in [5.74, 6) is 3.60. The third-order valence-corrected chi connectivity index (χ3v) is 4.08. The van der Waals surface area contributed by atoms with Crippen LogP contribution in [0.15, 0.2) is 48.5 Å². The topological polar surface area (TPSA) is 9.23 Å². The molecule has 0 atom stereocenters. The van der Waals surface area contributed by atoms with Gasteiger partial charge in [-0.05, 0) is 0 Å². The SMILES string of the molecule is COc1ccccc1C#C[Se]c1cccc(C(F)(F)F)c1. The average molecular weight is 355 g/mol. The summed E-state index contributed by atoms with van der Waals surface area (Å²) in [5, 5.41) is 0. The summed E-state index contributed by atoms with van der Waals surface area (Å²) < 4.78 is 43.6. The van der Waals surface area contributed by atoms with E-state index in [9.17, 15) is 13.2 Å². The summed E-state index contributed by atoms with van der Waals surface area (Å²) in [6.07, 6.45) is -4.32. The Labute approximate surface area is 127 Å². The number of rotatable bonds is 2. The minimum absolute atomic E-state index is 0.345. The molecule has 0 amide bonds. The van der Waals surface area contributed by atoms with Gasteiger partial charge in [0, 0.05) is 0 Å². The van der Waals surface area contributed by atoms with Crippen molar-refractivity contribution in [3.63, 3.8) is 0 Å². The molecule has 0 saturated heterocycles. The van der Waals surface area contributed by atoms with Gasteiger partial charge < -0.3 is 0 Å². The normalized spacial score (nSPS) is 10.7. The fraction of sp³-hybridized carbons (Fsp3) is 0.125. The number of ether oxygens (including phenoxy) is 1. The second-order valence-corrected chi connectivity index (χ2v) is 5.90. The zero-order valence-corrected chi connectivity index (χ0v) is 12.8. The molecular formula is C16H11F3OSe. The quantitative estimate of drug-likeness (QED) is 0.594. The van der Waals surface area contributed by atoms with Crippen LogP contribution in [0.2, 0.25) is 0 Å². The van der Waals surface area contributed by atoms with E-state index in [0.717, 1.165) is 17.7 Å². The maximum atomic E-state index is 12.6. The van der Waals surface area contributed by atoms with Crippen LogP contribution in [0.1, 0.15) is 11.1 Å². The van der Waals surface area contributed by atoms with Crippen molar-refractivity contribution in [3.8, 4) is 16.5 Å². The minimum atomic E-state index is -4.32. The summed E-state index contributed by atoms with van der Waals surface area (Å²) in [6, 6.07) is 12.6. The average Bonchev–Trinajstić information content (AvgIpc) is 2.47. The van der Waals surface area contributed by atoms with E-state index in [4.69, 9.17) is 4.74 Å². The summed E-state index contributed by atoms with van der Waals surface area (Å²) in [6.45, 7) is 0. The molecule has 0 heterocycles. The number of halogens is 3. The van der Waals surface area contributed by atoms with Crippen LogP contribution in [-0.2, 0) is 6.18 Å². The van der Waals surface area contributed by atoms with Crippen LogP contribution in [0.3, 0.4) is 0 Å². The molecule has 0 aromatic heterocycles. The molecule has 2 aromatic carbocycles. The first-order valence-electron chi connectivity index (χ1n) is 5.99. The Morgan fingerprint density at radius 1 is 1.05 bits per heavy atom. The molecule has 0 bridgehead atoms. The molecule has 0 unspecified atom stereocenters. The van der Waals surface area contributed by atoms with Crippen molar-refractivity contribution in [2.75, 3.05) is 7.11 Å². The molecule has 21 heavy (non-hydrogen) atoms. The van der Waals surface area contributed by atoms with Crippen LogP contribution in [0.25, 0.3) is 0 Å². The van der Waals surface area contributed by atoms with Gasteiger partial charge in [0.2, 0.25) is 0 Å². The predicted molar refractivity (Wildman–Crippen MR) is 76.7 cm³/mol. The molecule has 2 rings (SSSR count). The van der Waals surface area contributed by atoms with E-state index in [1.54, 1.807) is 19.2 Å². The van der Waals surface area contributed by atoms with Crippen molar-refractivity contribution in [3.05, 3.63) is 59.7 Å². The molecule has 5 heteroatoms. The van der Waals surface area contributed by atoms with Gasteiger partial charge in [0.05, 0.1) is 0 Å². The van der Waals surface area contributed by atoms with Crippen molar-refractivity contribution in [2.24, 2.45) is 0 Å².